The maximum absolute atomic E-state index is 10.8. The van der Waals surface area contributed by atoms with E-state index in [0.29, 0.717) is 5.76 Å². The number of hydrogen-bond donors (Lipinski definition) is 0. The molecule has 0 atom stereocenters. The monoisotopic (exact) mass is 391 g/mol. The average Bonchev–Trinajstić information content (AvgIpc) is 3.26. The Hall–Kier alpha value is -3.05. The minimum atomic E-state index is 0.351. The van der Waals surface area contributed by atoms with Gasteiger partial charge in [-0.1, -0.05) is 24.3 Å². The van der Waals surface area contributed by atoms with Gasteiger partial charge in [0.25, 0.3) is 0 Å². The summed E-state index contributed by atoms with van der Waals surface area (Å²) in [6.45, 7) is 2.97. The molecule has 0 aliphatic carbocycles. The normalized spacial score (nSPS) is 13.7. The van der Waals surface area contributed by atoms with E-state index in [1.54, 1.807) is 20.3 Å². The summed E-state index contributed by atoms with van der Waals surface area (Å²) in [5.74, 6) is 2.66. The zero-order chi connectivity index (χ0) is 20.2. The quantitative estimate of drug-likeness (QED) is 0.560. The number of nitrogens with zero attached hydrogens (tertiary/aromatic N) is 1. The summed E-state index contributed by atoms with van der Waals surface area (Å²) in [5.41, 5.74) is 4.92. The first-order valence-corrected chi connectivity index (χ1v) is 9.80. The average molecular weight is 391 g/mol. The van der Waals surface area contributed by atoms with Gasteiger partial charge in [0.2, 0.25) is 0 Å². The summed E-state index contributed by atoms with van der Waals surface area (Å²) in [6.07, 6.45) is 2.73. The highest BCUT2D eigenvalue weighted by Gasteiger charge is 2.19. The molecule has 0 saturated carbocycles. The molecule has 1 aromatic heterocycles. The SMILES string of the molecule is COc1cc2c(cc1OC)CN(CCc1ccc(-c3ccc(C=O)o3)cc1)CC2. The molecule has 2 heterocycles. The molecule has 0 spiro atoms. The lowest BCUT2D eigenvalue weighted by molar-refractivity contribution is 0.110. The van der Waals surface area contributed by atoms with Crippen LogP contribution >= 0.6 is 0 Å². The van der Waals surface area contributed by atoms with Crippen LogP contribution in [0.2, 0.25) is 0 Å². The molecule has 0 unspecified atom stereocenters. The summed E-state index contributed by atoms with van der Waals surface area (Å²) in [7, 11) is 3.36. The van der Waals surface area contributed by atoms with Gasteiger partial charge in [-0.2, -0.15) is 0 Å². The molecular weight excluding hydrogens is 366 g/mol. The van der Waals surface area contributed by atoms with E-state index in [-0.39, 0.29) is 0 Å². The summed E-state index contributed by atoms with van der Waals surface area (Å²) >= 11 is 0. The highest BCUT2D eigenvalue weighted by atomic mass is 16.5. The third-order valence-electron chi connectivity index (χ3n) is 5.50. The van der Waals surface area contributed by atoms with E-state index >= 15 is 0 Å². The number of carbonyl (C=O) groups is 1. The van der Waals surface area contributed by atoms with Crippen LogP contribution in [0.15, 0.2) is 52.9 Å². The zero-order valence-corrected chi connectivity index (χ0v) is 16.8. The fourth-order valence-electron chi connectivity index (χ4n) is 3.83. The Labute approximate surface area is 170 Å². The number of ether oxygens (including phenoxy) is 2. The molecule has 150 valence electrons. The molecule has 2 aromatic carbocycles. The van der Waals surface area contributed by atoms with Crippen LogP contribution in [-0.2, 0) is 19.4 Å². The molecule has 0 fully saturated rings. The van der Waals surface area contributed by atoms with Crippen LogP contribution in [0.3, 0.4) is 0 Å². The second-order valence-corrected chi connectivity index (χ2v) is 7.27. The van der Waals surface area contributed by atoms with Gasteiger partial charge in [-0.3, -0.25) is 9.69 Å². The molecule has 1 aliphatic heterocycles. The molecule has 4 rings (SSSR count). The topological polar surface area (TPSA) is 51.9 Å². The van der Waals surface area contributed by atoms with E-state index in [1.807, 2.05) is 18.2 Å². The van der Waals surface area contributed by atoms with Gasteiger partial charge in [-0.25, -0.2) is 0 Å². The van der Waals surface area contributed by atoms with E-state index in [2.05, 4.69) is 29.2 Å². The highest BCUT2D eigenvalue weighted by molar-refractivity contribution is 5.72. The molecule has 3 aromatic rings. The van der Waals surface area contributed by atoms with Crippen molar-refractivity contribution in [1.29, 1.82) is 0 Å². The summed E-state index contributed by atoms with van der Waals surface area (Å²) in [6, 6.07) is 16.1. The smallest absolute Gasteiger partial charge is 0.185 e. The third kappa shape index (κ3) is 4.20. The van der Waals surface area contributed by atoms with Gasteiger partial charge in [-0.05, 0) is 53.8 Å². The molecule has 0 bridgehead atoms. The number of furan rings is 1. The number of benzene rings is 2. The van der Waals surface area contributed by atoms with Crippen LogP contribution in [0.4, 0.5) is 0 Å². The number of rotatable bonds is 7. The van der Waals surface area contributed by atoms with E-state index < -0.39 is 0 Å². The largest absolute Gasteiger partial charge is 0.493 e. The predicted octanol–water partition coefficient (Wildman–Crippen LogP) is 4.38. The molecule has 1 aliphatic rings. The van der Waals surface area contributed by atoms with Crippen molar-refractivity contribution in [3.8, 4) is 22.8 Å². The van der Waals surface area contributed by atoms with Gasteiger partial charge >= 0.3 is 0 Å². The second kappa shape index (κ2) is 8.53. The number of methoxy groups -OCH3 is 2. The van der Waals surface area contributed by atoms with Crippen molar-refractivity contribution in [3.63, 3.8) is 0 Å². The molecule has 0 amide bonds. The standard InChI is InChI=1S/C24H25NO4/c1-27-23-13-19-10-12-25(15-20(19)14-24(23)28-2)11-9-17-3-5-18(6-4-17)22-8-7-21(16-26)29-22/h3-8,13-14,16H,9-12,15H2,1-2H3. The number of carbonyl (C=O) groups excluding carboxylic acids is 1. The van der Waals surface area contributed by atoms with Gasteiger partial charge in [0.1, 0.15) is 5.76 Å². The van der Waals surface area contributed by atoms with Crippen LogP contribution in [0.25, 0.3) is 11.3 Å². The van der Waals surface area contributed by atoms with Crippen molar-refractivity contribution in [2.75, 3.05) is 27.3 Å². The van der Waals surface area contributed by atoms with E-state index in [4.69, 9.17) is 13.9 Å². The Balaban J connectivity index is 1.38. The summed E-state index contributed by atoms with van der Waals surface area (Å²) in [5, 5.41) is 0. The van der Waals surface area contributed by atoms with Crippen molar-refractivity contribution in [2.45, 2.75) is 19.4 Å². The van der Waals surface area contributed by atoms with Crippen LogP contribution < -0.4 is 9.47 Å². The Morgan fingerprint density at radius 1 is 1.00 bits per heavy atom. The van der Waals surface area contributed by atoms with Crippen molar-refractivity contribution in [3.05, 3.63) is 71.0 Å². The zero-order valence-electron chi connectivity index (χ0n) is 16.8. The highest BCUT2D eigenvalue weighted by Crippen LogP contribution is 2.33. The van der Waals surface area contributed by atoms with Crippen molar-refractivity contribution < 1.29 is 18.7 Å². The van der Waals surface area contributed by atoms with Gasteiger partial charge in [-0.15, -0.1) is 0 Å². The Morgan fingerprint density at radius 3 is 2.38 bits per heavy atom. The maximum atomic E-state index is 10.8. The molecule has 5 heteroatoms. The second-order valence-electron chi connectivity index (χ2n) is 7.27. The first kappa shape index (κ1) is 19.3. The molecular formula is C24H25NO4. The predicted molar refractivity (Wildman–Crippen MR) is 112 cm³/mol. The summed E-state index contributed by atoms with van der Waals surface area (Å²) in [4.78, 5) is 13.3. The Bertz CT molecular complexity index is 991. The van der Waals surface area contributed by atoms with Gasteiger partial charge in [0.15, 0.2) is 23.5 Å². The lowest BCUT2D eigenvalue weighted by atomic mass is 9.98. The van der Waals surface area contributed by atoms with Crippen LogP contribution in [0, 0.1) is 0 Å². The number of aldehydes is 1. The molecule has 0 N–H and O–H groups in total. The van der Waals surface area contributed by atoms with E-state index in [1.165, 1.54) is 16.7 Å². The summed E-state index contributed by atoms with van der Waals surface area (Å²) < 4.78 is 16.4. The minimum Gasteiger partial charge on any atom is -0.493 e. The maximum Gasteiger partial charge on any atom is 0.185 e. The van der Waals surface area contributed by atoms with Crippen LogP contribution in [0.5, 0.6) is 11.5 Å². The van der Waals surface area contributed by atoms with Crippen LogP contribution in [-0.4, -0.2) is 38.5 Å². The van der Waals surface area contributed by atoms with Gasteiger partial charge < -0.3 is 13.9 Å². The van der Waals surface area contributed by atoms with Crippen molar-refractivity contribution >= 4 is 6.29 Å². The Morgan fingerprint density at radius 2 is 1.72 bits per heavy atom. The van der Waals surface area contributed by atoms with Crippen molar-refractivity contribution in [1.82, 2.24) is 4.90 Å². The van der Waals surface area contributed by atoms with Crippen molar-refractivity contribution in [2.24, 2.45) is 0 Å². The fraction of sp³-hybridized carbons (Fsp3) is 0.292. The minimum absolute atomic E-state index is 0.351. The van der Waals surface area contributed by atoms with E-state index in [0.717, 1.165) is 61.6 Å². The number of fused-ring (bicyclic) bond motifs is 1. The van der Waals surface area contributed by atoms with E-state index in [9.17, 15) is 4.79 Å². The lowest BCUT2D eigenvalue weighted by Gasteiger charge is -2.29. The molecule has 5 nitrogen and oxygen atoms in total. The first-order chi connectivity index (χ1) is 14.2. The third-order valence-corrected chi connectivity index (χ3v) is 5.50. The fourth-order valence-corrected chi connectivity index (χ4v) is 3.83. The van der Waals surface area contributed by atoms with Gasteiger partial charge in [0, 0.05) is 25.2 Å². The van der Waals surface area contributed by atoms with Crippen LogP contribution in [0.1, 0.15) is 27.2 Å². The Kier molecular flexibility index (Phi) is 5.67. The number of hydrogen-bond acceptors (Lipinski definition) is 5. The lowest BCUT2D eigenvalue weighted by Crippen LogP contribution is -2.32. The first-order valence-electron chi connectivity index (χ1n) is 9.80. The molecule has 0 radical (unpaired) electrons. The van der Waals surface area contributed by atoms with Gasteiger partial charge in [0.05, 0.1) is 14.2 Å². The molecule has 29 heavy (non-hydrogen) atoms. The molecule has 0 saturated heterocycles.